The Morgan fingerprint density at radius 3 is 2.75 bits per heavy atom. The second-order valence-corrected chi connectivity index (χ2v) is 4.85. The van der Waals surface area contributed by atoms with Crippen LogP contribution in [0.3, 0.4) is 0 Å². The third-order valence-electron chi connectivity index (χ3n) is 2.97. The van der Waals surface area contributed by atoms with E-state index in [-0.39, 0.29) is 5.39 Å². The Balaban J connectivity index is 2.00. The molecule has 0 saturated heterocycles. The number of hydrogen-bond donors (Lipinski definition) is 1. The lowest BCUT2D eigenvalue weighted by molar-refractivity contribution is -0.136. The van der Waals surface area contributed by atoms with E-state index >= 15 is 0 Å². The quantitative estimate of drug-likeness (QED) is 0.674. The van der Waals surface area contributed by atoms with Gasteiger partial charge in [0.05, 0.1) is 5.56 Å². The summed E-state index contributed by atoms with van der Waals surface area (Å²) < 4.78 is 46.3. The number of rotatable bonds is 2. The topological polar surface area (TPSA) is 33.6 Å². The lowest BCUT2D eigenvalue weighted by atomic mass is 10.0. The second kappa shape index (κ2) is 4.90. The van der Waals surface area contributed by atoms with Crippen LogP contribution in [0.15, 0.2) is 41.6 Å². The van der Waals surface area contributed by atoms with Gasteiger partial charge in [0.25, 0.3) is 0 Å². The molecule has 0 unspecified atom stereocenters. The van der Waals surface area contributed by atoms with Gasteiger partial charge in [-0.1, -0.05) is 35.5 Å². The lowest BCUT2D eigenvalue weighted by Gasteiger charge is -2.11. The van der Waals surface area contributed by atoms with Gasteiger partial charge >= 0.3 is 6.18 Å². The number of alkyl halides is 3. The molecule has 0 aromatic heterocycles. The molecule has 20 heavy (non-hydrogen) atoms. The third kappa shape index (κ3) is 2.53. The minimum Gasteiger partial charge on any atom is -0.297 e. The van der Waals surface area contributed by atoms with Gasteiger partial charge in [-0.05, 0) is 22.4 Å². The van der Waals surface area contributed by atoms with Crippen molar-refractivity contribution in [2.75, 3.05) is 0 Å². The number of nitrogens with zero attached hydrogens (tertiary/aromatic N) is 1. The minimum atomic E-state index is -4.34. The smallest absolute Gasteiger partial charge is 0.297 e. The van der Waals surface area contributed by atoms with Crippen LogP contribution in [-0.2, 0) is 16.9 Å². The van der Waals surface area contributed by atoms with Gasteiger partial charge in [-0.25, -0.2) is 0 Å². The van der Waals surface area contributed by atoms with Crippen molar-refractivity contribution in [2.24, 2.45) is 5.16 Å². The van der Waals surface area contributed by atoms with E-state index in [4.69, 9.17) is 4.28 Å². The first-order valence-electron chi connectivity index (χ1n) is 5.78. The number of halogens is 3. The van der Waals surface area contributed by atoms with E-state index in [0.717, 1.165) is 23.9 Å². The maximum atomic E-state index is 12.9. The molecule has 3 nitrogen and oxygen atoms in total. The average Bonchev–Trinajstić information content (AvgIpc) is 2.89. The number of fused-ring (bicyclic) bond motifs is 1. The van der Waals surface area contributed by atoms with Crippen LogP contribution in [0.2, 0.25) is 0 Å². The number of nitrogens with one attached hydrogen (secondary N) is 1. The first-order chi connectivity index (χ1) is 9.54. The van der Waals surface area contributed by atoms with Crippen LogP contribution in [0, 0.1) is 0 Å². The third-order valence-corrected chi connectivity index (χ3v) is 3.43. The summed E-state index contributed by atoms with van der Waals surface area (Å²) in [6.07, 6.45) is -3.86. The maximum absolute atomic E-state index is 12.9. The molecule has 104 valence electrons. The number of oxime groups is 1. The molecule has 0 saturated carbocycles. The van der Waals surface area contributed by atoms with Crippen molar-refractivity contribution in [1.29, 1.82) is 0 Å². The Kier molecular flexibility index (Phi) is 3.21. The molecular weight excluding hydrogens is 289 g/mol. The lowest BCUT2D eigenvalue weighted by Crippen LogP contribution is -2.13. The van der Waals surface area contributed by atoms with Crippen molar-refractivity contribution in [3.05, 3.63) is 47.5 Å². The predicted molar refractivity (Wildman–Crippen MR) is 71.9 cm³/mol. The summed E-state index contributed by atoms with van der Waals surface area (Å²) in [5, 5.41) is 4.52. The van der Waals surface area contributed by atoms with Crippen LogP contribution in [0.1, 0.15) is 11.1 Å². The van der Waals surface area contributed by atoms with E-state index in [0.29, 0.717) is 17.6 Å². The first kappa shape index (κ1) is 13.1. The molecule has 1 heterocycles. The van der Waals surface area contributed by atoms with E-state index < -0.39 is 11.7 Å². The normalized spacial score (nSPS) is 14.8. The van der Waals surface area contributed by atoms with Gasteiger partial charge in [-0.3, -0.25) is 9.01 Å². The molecule has 2 aromatic carbocycles. The van der Waals surface area contributed by atoms with Gasteiger partial charge < -0.3 is 0 Å². The van der Waals surface area contributed by atoms with Crippen molar-refractivity contribution in [3.8, 4) is 0 Å². The van der Waals surface area contributed by atoms with Gasteiger partial charge in [0.2, 0.25) is 12.2 Å². The Labute approximate surface area is 117 Å². The molecule has 0 atom stereocenters. The highest BCUT2D eigenvalue weighted by molar-refractivity contribution is 7.93. The standard InChI is InChI=1S/C13H9F3N2OS/c14-13(15,16)11-3-1-2-9-6-8(4-5-10(9)11)7-12-17-19-20-18-12/h1-6H,7H2,(H,17,18). The van der Waals surface area contributed by atoms with Crippen LogP contribution >= 0.6 is 12.2 Å². The van der Waals surface area contributed by atoms with Crippen molar-refractivity contribution in [3.63, 3.8) is 0 Å². The Morgan fingerprint density at radius 2 is 2.05 bits per heavy atom. The molecule has 3 rings (SSSR count). The average molecular weight is 298 g/mol. The van der Waals surface area contributed by atoms with Crippen molar-refractivity contribution >= 4 is 28.8 Å². The van der Waals surface area contributed by atoms with Gasteiger partial charge in [-0.2, -0.15) is 13.2 Å². The molecule has 1 N–H and O–H groups in total. The molecule has 1 aliphatic heterocycles. The predicted octanol–water partition coefficient (Wildman–Crippen LogP) is 3.90. The van der Waals surface area contributed by atoms with E-state index in [2.05, 4.69) is 9.88 Å². The SMILES string of the molecule is FC(F)(F)c1cccc2cc(CC3=NOSN3)ccc12. The fourth-order valence-corrected chi connectivity index (χ4v) is 2.47. The van der Waals surface area contributed by atoms with Crippen molar-refractivity contribution in [1.82, 2.24) is 4.72 Å². The number of hydrogen-bond acceptors (Lipinski definition) is 4. The number of amidine groups is 1. The molecule has 1 aliphatic rings. The molecule has 0 aliphatic carbocycles. The fourth-order valence-electron chi connectivity index (χ4n) is 2.10. The summed E-state index contributed by atoms with van der Waals surface area (Å²) >= 11 is 1.01. The zero-order valence-electron chi connectivity index (χ0n) is 10.1. The summed E-state index contributed by atoms with van der Waals surface area (Å²) in [5.74, 6) is 0.640. The molecule has 2 aromatic rings. The maximum Gasteiger partial charge on any atom is 0.417 e. The van der Waals surface area contributed by atoms with E-state index in [1.165, 1.54) is 12.1 Å². The van der Waals surface area contributed by atoms with Crippen LogP contribution in [0.4, 0.5) is 13.2 Å². The molecule has 0 fully saturated rings. The summed E-state index contributed by atoms with van der Waals surface area (Å²) in [6, 6.07) is 9.08. The van der Waals surface area contributed by atoms with Crippen molar-refractivity contribution in [2.45, 2.75) is 12.6 Å². The molecular formula is C13H9F3N2OS. The van der Waals surface area contributed by atoms with Gasteiger partial charge in [0, 0.05) is 6.42 Å². The Morgan fingerprint density at radius 1 is 1.20 bits per heavy atom. The van der Waals surface area contributed by atoms with Gasteiger partial charge in [-0.15, -0.1) is 0 Å². The highest BCUT2D eigenvalue weighted by Gasteiger charge is 2.32. The minimum absolute atomic E-state index is 0.204. The summed E-state index contributed by atoms with van der Waals surface area (Å²) in [7, 11) is 0. The second-order valence-electron chi connectivity index (χ2n) is 4.33. The monoisotopic (exact) mass is 298 g/mol. The first-order valence-corrected chi connectivity index (χ1v) is 6.52. The molecule has 7 heteroatoms. The van der Waals surface area contributed by atoms with Gasteiger partial charge in [0.15, 0.2) is 5.84 Å². The van der Waals surface area contributed by atoms with E-state index in [1.54, 1.807) is 18.2 Å². The van der Waals surface area contributed by atoms with E-state index in [9.17, 15) is 13.2 Å². The fraction of sp³-hybridized carbons (Fsp3) is 0.154. The van der Waals surface area contributed by atoms with Crippen molar-refractivity contribution < 1.29 is 17.5 Å². The van der Waals surface area contributed by atoms with E-state index in [1.807, 2.05) is 0 Å². The Bertz CT molecular complexity index is 685. The van der Waals surface area contributed by atoms with Crippen LogP contribution in [-0.4, -0.2) is 5.84 Å². The zero-order chi connectivity index (χ0) is 14.2. The Hall–Kier alpha value is -1.89. The molecule has 0 amide bonds. The molecule has 0 spiro atoms. The number of benzene rings is 2. The highest BCUT2D eigenvalue weighted by Crippen LogP contribution is 2.35. The van der Waals surface area contributed by atoms with Crippen LogP contribution in [0.25, 0.3) is 10.8 Å². The summed E-state index contributed by atoms with van der Waals surface area (Å²) in [4.78, 5) is 0. The largest absolute Gasteiger partial charge is 0.417 e. The summed E-state index contributed by atoms with van der Waals surface area (Å²) in [5.41, 5.74) is 0.256. The highest BCUT2D eigenvalue weighted by atomic mass is 32.2. The molecule has 0 radical (unpaired) electrons. The summed E-state index contributed by atoms with van der Waals surface area (Å²) in [6.45, 7) is 0. The van der Waals surface area contributed by atoms with Crippen LogP contribution < -0.4 is 4.72 Å². The zero-order valence-corrected chi connectivity index (χ0v) is 10.9. The van der Waals surface area contributed by atoms with Gasteiger partial charge in [0.1, 0.15) is 0 Å². The van der Waals surface area contributed by atoms with Crippen LogP contribution in [0.5, 0.6) is 0 Å². The molecule has 0 bridgehead atoms.